The fraction of sp³-hybridized carbons (Fsp3) is 0.647. The van der Waals surface area contributed by atoms with Crippen molar-refractivity contribution in [2.24, 2.45) is 11.3 Å². The van der Waals surface area contributed by atoms with E-state index < -0.39 is 29.1 Å². The molecular formula is C17H27NO5. The number of allylic oxidation sites excluding steroid dienone is 3. The average molecular weight is 325 g/mol. The van der Waals surface area contributed by atoms with Crippen LogP contribution >= 0.6 is 0 Å². The van der Waals surface area contributed by atoms with Crippen molar-refractivity contribution in [1.29, 1.82) is 0 Å². The third-order valence-corrected chi connectivity index (χ3v) is 4.04. The van der Waals surface area contributed by atoms with Gasteiger partial charge in [0.25, 0.3) is 0 Å². The van der Waals surface area contributed by atoms with Gasteiger partial charge >= 0.3 is 12.1 Å². The van der Waals surface area contributed by atoms with Gasteiger partial charge in [0, 0.05) is 12.5 Å². The zero-order valence-corrected chi connectivity index (χ0v) is 14.7. The summed E-state index contributed by atoms with van der Waals surface area (Å²) in [5.41, 5.74) is -1.44. The molecule has 1 amide bonds. The lowest BCUT2D eigenvalue weighted by molar-refractivity contribution is -0.148. The molecule has 0 spiro atoms. The predicted molar refractivity (Wildman–Crippen MR) is 87.2 cm³/mol. The van der Waals surface area contributed by atoms with Crippen molar-refractivity contribution in [3.05, 3.63) is 24.0 Å². The van der Waals surface area contributed by atoms with E-state index in [2.05, 4.69) is 0 Å². The van der Waals surface area contributed by atoms with Crippen LogP contribution in [0.15, 0.2) is 24.0 Å². The zero-order chi connectivity index (χ0) is 18.0. The lowest BCUT2D eigenvalue weighted by atomic mass is 9.70. The molecule has 0 aliphatic heterocycles. The molecule has 23 heavy (non-hydrogen) atoms. The van der Waals surface area contributed by atoms with Crippen LogP contribution in [-0.4, -0.2) is 45.9 Å². The Morgan fingerprint density at radius 3 is 2.26 bits per heavy atom. The number of carbonyl (C=O) groups is 2. The molecule has 0 saturated heterocycles. The fourth-order valence-corrected chi connectivity index (χ4v) is 2.79. The summed E-state index contributed by atoms with van der Waals surface area (Å²) in [5, 5.41) is 19.1. The smallest absolute Gasteiger partial charge is 0.410 e. The van der Waals surface area contributed by atoms with E-state index in [9.17, 15) is 19.8 Å². The number of likely N-dealkylation sites (N-methyl/N-ethyl adjacent to an activating group) is 1. The zero-order valence-electron chi connectivity index (χ0n) is 14.7. The van der Waals surface area contributed by atoms with E-state index in [0.29, 0.717) is 6.42 Å². The number of carbonyl (C=O) groups excluding carboxylic acids is 1. The maximum Gasteiger partial charge on any atom is 0.410 e. The lowest BCUT2D eigenvalue weighted by Crippen LogP contribution is -2.54. The molecule has 130 valence electrons. The molecule has 0 saturated carbocycles. The van der Waals surface area contributed by atoms with Crippen molar-refractivity contribution in [2.75, 3.05) is 7.05 Å². The SMILES string of the molecule is CN(C(=O)OC(C)(C)C)C(C(=O)O)C(C)(C)C1C=CC(O)=CC1. The largest absolute Gasteiger partial charge is 0.508 e. The van der Waals surface area contributed by atoms with Gasteiger partial charge in [0.2, 0.25) is 0 Å². The Morgan fingerprint density at radius 2 is 1.87 bits per heavy atom. The number of carboxylic acids is 1. The maximum atomic E-state index is 12.3. The first-order chi connectivity index (χ1) is 10.4. The standard InChI is InChI=1S/C17H27NO5/c1-16(2,3)23-15(22)18(6)13(14(20)21)17(4,5)11-7-9-12(19)10-8-11/h7,9-11,13,19H,8H2,1-6H3,(H,20,21). The number of hydrogen-bond donors (Lipinski definition) is 2. The summed E-state index contributed by atoms with van der Waals surface area (Å²) >= 11 is 0. The second kappa shape index (κ2) is 6.64. The average Bonchev–Trinajstić information content (AvgIpc) is 2.36. The van der Waals surface area contributed by atoms with E-state index >= 15 is 0 Å². The highest BCUT2D eigenvalue weighted by molar-refractivity contribution is 5.81. The number of aliphatic carboxylic acids is 1. The number of nitrogens with zero attached hydrogens (tertiary/aromatic N) is 1. The monoisotopic (exact) mass is 325 g/mol. The Hall–Kier alpha value is -1.98. The minimum absolute atomic E-state index is 0.121. The first kappa shape index (κ1) is 19.1. The highest BCUT2D eigenvalue weighted by Gasteiger charge is 2.45. The number of carboxylic acid groups (broad SMARTS) is 1. The van der Waals surface area contributed by atoms with Gasteiger partial charge < -0.3 is 14.9 Å². The molecule has 1 aliphatic rings. The van der Waals surface area contributed by atoms with Gasteiger partial charge in [-0.3, -0.25) is 4.90 Å². The Bertz CT molecular complexity index is 528. The molecule has 2 atom stereocenters. The third kappa shape index (κ3) is 4.74. The third-order valence-electron chi connectivity index (χ3n) is 4.04. The van der Waals surface area contributed by atoms with E-state index in [4.69, 9.17) is 4.74 Å². The van der Waals surface area contributed by atoms with Crippen molar-refractivity contribution < 1.29 is 24.5 Å². The van der Waals surface area contributed by atoms with Crippen molar-refractivity contribution in [3.8, 4) is 0 Å². The summed E-state index contributed by atoms with van der Waals surface area (Å²) in [6, 6.07) is -1.05. The molecule has 6 nitrogen and oxygen atoms in total. The van der Waals surface area contributed by atoms with Crippen molar-refractivity contribution >= 4 is 12.1 Å². The summed E-state index contributed by atoms with van der Waals surface area (Å²) in [6.07, 6.45) is 4.84. The van der Waals surface area contributed by atoms with Gasteiger partial charge in [-0.25, -0.2) is 9.59 Å². The summed E-state index contributed by atoms with van der Waals surface area (Å²) in [6.45, 7) is 8.81. The van der Waals surface area contributed by atoms with Crippen LogP contribution in [0.25, 0.3) is 0 Å². The van der Waals surface area contributed by atoms with Gasteiger partial charge in [-0.05, 0) is 45.3 Å². The van der Waals surface area contributed by atoms with Gasteiger partial charge in [-0.15, -0.1) is 0 Å². The Balaban J connectivity index is 3.03. The van der Waals surface area contributed by atoms with Crippen LogP contribution in [0.5, 0.6) is 0 Å². The van der Waals surface area contributed by atoms with Gasteiger partial charge in [0.05, 0.1) is 0 Å². The van der Waals surface area contributed by atoms with Gasteiger partial charge in [0.1, 0.15) is 17.4 Å². The number of amides is 1. The van der Waals surface area contributed by atoms with Crippen LogP contribution in [-0.2, 0) is 9.53 Å². The molecule has 1 aliphatic carbocycles. The molecule has 0 aromatic heterocycles. The van der Waals surface area contributed by atoms with Crippen molar-refractivity contribution in [1.82, 2.24) is 4.90 Å². The minimum Gasteiger partial charge on any atom is -0.508 e. The first-order valence-electron chi connectivity index (χ1n) is 7.62. The molecule has 0 radical (unpaired) electrons. The van der Waals surface area contributed by atoms with Crippen LogP contribution in [0.1, 0.15) is 41.0 Å². The van der Waals surface area contributed by atoms with E-state index in [1.54, 1.807) is 52.8 Å². The Kier molecular flexibility index (Phi) is 5.51. The second-order valence-corrected chi connectivity index (χ2v) is 7.48. The first-order valence-corrected chi connectivity index (χ1v) is 7.62. The maximum absolute atomic E-state index is 12.3. The number of hydrogen-bond acceptors (Lipinski definition) is 4. The highest BCUT2D eigenvalue weighted by Crippen LogP contribution is 2.39. The molecule has 0 bridgehead atoms. The minimum atomic E-state index is -1.09. The molecule has 2 unspecified atom stereocenters. The second-order valence-electron chi connectivity index (χ2n) is 7.48. The molecule has 0 aromatic carbocycles. The summed E-state index contributed by atoms with van der Waals surface area (Å²) in [7, 11) is 1.44. The lowest BCUT2D eigenvalue weighted by Gasteiger charge is -2.42. The Morgan fingerprint density at radius 1 is 1.30 bits per heavy atom. The van der Waals surface area contributed by atoms with Crippen LogP contribution in [0.4, 0.5) is 4.79 Å². The number of aliphatic hydroxyl groups excluding tert-OH is 1. The number of aliphatic hydroxyl groups is 1. The molecule has 0 aromatic rings. The molecular weight excluding hydrogens is 298 g/mol. The summed E-state index contributed by atoms with van der Waals surface area (Å²) < 4.78 is 5.28. The molecule has 2 N–H and O–H groups in total. The van der Waals surface area contributed by atoms with Gasteiger partial charge in [-0.1, -0.05) is 19.9 Å². The quantitative estimate of drug-likeness (QED) is 0.827. The Labute approximate surface area is 137 Å². The fourth-order valence-electron chi connectivity index (χ4n) is 2.79. The molecule has 6 heteroatoms. The van der Waals surface area contributed by atoms with E-state index in [-0.39, 0.29) is 11.7 Å². The van der Waals surface area contributed by atoms with Crippen LogP contribution in [0.2, 0.25) is 0 Å². The summed E-state index contributed by atoms with van der Waals surface area (Å²) in [5.74, 6) is -1.04. The van der Waals surface area contributed by atoms with Gasteiger partial charge in [0.15, 0.2) is 0 Å². The van der Waals surface area contributed by atoms with Crippen LogP contribution in [0, 0.1) is 11.3 Å². The van der Waals surface area contributed by atoms with Crippen molar-refractivity contribution in [3.63, 3.8) is 0 Å². The van der Waals surface area contributed by atoms with E-state index in [1.807, 2.05) is 0 Å². The van der Waals surface area contributed by atoms with E-state index in [1.165, 1.54) is 7.05 Å². The highest BCUT2D eigenvalue weighted by atomic mass is 16.6. The van der Waals surface area contributed by atoms with Crippen LogP contribution < -0.4 is 0 Å². The normalized spacial score (nSPS) is 19.7. The predicted octanol–water partition coefficient (Wildman–Crippen LogP) is 3.35. The van der Waals surface area contributed by atoms with E-state index in [0.717, 1.165) is 4.90 Å². The molecule has 0 fully saturated rings. The molecule has 0 heterocycles. The van der Waals surface area contributed by atoms with Gasteiger partial charge in [-0.2, -0.15) is 0 Å². The van der Waals surface area contributed by atoms with Crippen LogP contribution in [0.3, 0.4) is 0 Å². The van der Waals surface area contributed by atoms with Crippen molar-refractivity contribution in [2.45, 2.75) is 52.7 Å². The summed E-state index contributed by atoms with van der Waals surface area (Å²) in [4.78, 5) is 25.2. The number of rotatable bonds is 4. The number of ether oxygens (including phenoxy) is 1. The topological polar surface area (TPSA) is 87.1 Å². The molecule has 1 rings (SSSR count).